The molecule has 5 nitrogen and oxygen atoms in total. The maximum absolute atomic E-state index is 11.8. The van der Waals surface area contributed by atoms with Crippen LogP contribution in [-0.4, -0.2) is 50.3 Å². The number of rotatable bonds is 7. The first-order valence-electron chi connectivity index (χ1n) is 8.17. The summed E-state index contributed by atoms with van der Waals surface area (Å²) in [5.41, 5.74) is 1.27. The minimum Gasteiger partial charge on any atom is -0.385 e. The van der Waals surface area contributed by atoms with E-state index in [0.717, 1.165) is 43.9 Å². The smallest absolute Gasteiger partial charge is 0.315 e. The quantitative estimate of drug-likeness (QED) is 0.751. The predicted octanol–water partition coefficient (Wildman–Crippen LogP) is 2.64. The summed E-state index contributed by atoms with van der Waals surface area (Å²) < 4.78 is 4.96. The van der Waals surface area contributed by atoms with Crippen LogP contribution in [0.15, 0.2) is 24.3 Å². The van der Waals surface area contributed by atoms with Gasteiger partial charge in [0.05, 0.1) is 0 Å². The van der Waals surface area contributed by atoms with Gasteiger partial charge in [-0.2, -0.15) is 0 Å². The molecule has 1 aliphatic heterocycles. The Morgan fingerprint density at radius 2 is 2.00 bits per heavy atom. The minimum absolute atomic E-state index is 0.0720. The Hall–Kier alpha value is -1.30. The third kappa shape index (κ3) is 6.77. The SMILES string of the molecule is COCCCNC(=O)NC1CCN(Cc2ccc(Cl)cc2)CC1. The van der Waals surface area contributed by atoms with Gasteiger partial charge in [0.2, 0.25) is 0 Å². The summed E-state index contributed by atoms with van der Waals surface area (Å²) in [6.45, 7) is 4.25. The normalized spacial score (nSPS) is 16.3. The summed E-state index contributed by atoms with van der Waals surface area (Å²) in [5, 5.41) is 6.69. The Labute approximate surface area is 143 Å². The van der Waals surface area contributed by atoms with Gasteiger partial charge in [-0.15, -0.1) is 0 Å². The first kappa shape index (κ1) is 18.0. The number of carbonyl (C=O) groups is 1. The molecule has 2 rings (SSSR count). The van der Waals surface area contributed by atoms with Crippen molar-refractivity contribution >= 4 is 17.6 Å². The Bertz CT molecular complexity index is 473. The molecule has 0 bridgehead atoms. The predicted molar refractivity (Wildman–Crippen MR) is 92.8 cm³/mol. The lowest BCUT2D eigenvalue weighted by molar-refractivity contribution is 0.183. The zero-order valence-electron chi connectivity index (χ0n) is 13.7. The van der Waals surface area contributed by atoms with Gasteiger partial charge in [-0.25, -0.2) is 4.79 Å². The monoisotopic (exact) mass is 339 g/mol. The number of amides is 2. The summed E-state index contributed by atoms with van der Waals surface area (Å²) >= 11 is 5.91. The highest BCUT2D eigenvalue weighted by molar-refractivity contribution is 6.30. The first-order chi connectivity index (χ1) is 11.2. The van der Waals surface area contributed by atoms with E-state index in [1.165, 1.54) is 5.56 Å². The van der Waals surface area contributed by atoms with Crippen LogP contribution in [0.1, 0.15) is 24.8 Å². The number of carbonyl (C=O) groups excluding carboxylic acids is 1. The van der Waals surface area contributed by atoms with Crippen LogP contribution in [0.5, 0.6) is 0 Å². The molecule has 0 spiro atoms. The van der Waals surface area contributed by atoms with E-state index in [2.05, 4.69) is 27.7 Å². The van der Waals surface area contributed by atoms with E-state index in [1.54, 1.807) is 7.11 Å². The fourth-order valence-corrected chi connectivity index (χ4v) is 2.86. The summed E-state index contributed by atoms with van der Waals surface area (Å²) in [4.78, 5) is 14.2. The second-order valence-corrected chi connectivity index (χ2v) is 6.36. The van der Waals surface area contributed by atoms with Gasteiger partial charge in [0.1, 0.15) is 0 Å². The van der Waals surface area contributed by atoms with Crippen LogP contribution in [0.25, 0.3) is 0 Å². The van der Waals surface area contributed by atoms with Gasteiger partial charge in [0.25, 0.3) is 0 Å². The van der Waals surface area contributed by atoms with Crippen LogP contribution in [-0.2, 0) is 11.3 Å². The van der Waals surface area contributed by atoms with Crippen LogP contribution in [0.4, 0.5) is 4.79 Å². The zero-order chi connectivity index (χ0) is 16.5. The van der Waals surface area contributed by atoms with Gasteiger partial charge in [-0.1, -0.05) is 23.7 Å². The number of methoxy groups -OCH3 is 1. The molecule has 2 amide bonds. The highest BCUT2D eigenvalue weighted by Crippen LogP contribution is 2.15. The number of hydrogen-bond acceptors (Lipinski definition) is 3. The molecule has 23 heavy (non-hydrogen) atoms. The Morgan fingerprint density at radius 1 is 1.30 bits per heavy atom. The maximum Gasteiger partial charge on any atom is 0.315 e. The van der Waals surface area contributed by atoms with Crippen LogP contribution >= 0.6 is 11.6 Å². The molecule has 1 aliphatic rings. The molecule has 0 unspecified atom stereocenters. The lowest BCUT2D eigenvalue weighted by Crippen LogP contribution is -2.47. The van der Waals surface area contributed by atoms with Crippen molar-refractivity contribution < 1.29 is 9.53 Å². The molecule has 1 fully saturated rings. The van der Waals surface area contributed by atoms with Crippen molar-refractivity contribution in [2.75, 3.05) is 33.4 Å². The van der Waals surface area contributed by atoms with Crippen molar-refractivity contribution in [1.82, 2.24) is 15.5 Å². The van der Waals surface area contributed by atoms with Crippen molar-refractivity contribution in [2.24, 2.45) is 0 Å². The molecule has 0 aromatic heterocycles. The standard InChI is InChI=1S/C17H26ClN3O2/c1-23-12-2-9-19-17(22)20-16-7-10-21(11-8-16)13-14-3-5-15(18)6-4-14/h3-6,16H,2,7-13H2,1H3,(H2,19,20,22). The van der Waals surface area contributed by atoms with Gasteiger partial charge in [0, 0.05) is 51.0 Å². The van der Waals surface area contributed by atoms with Gasteiger partial charge in [-0.05, 0) is 37.0 Å². The third-order valence-electron chi connectivity index (χ3n) is 4.05. The third-order valence-corrected chi connectivity index (χ3v) is 4.31. The van der Waals surface area contributed by atoms with E-state index in [1.807, 2.05) is 12.1 Å². The maximum atomic E-state index is 11.8. The molecule has 128 valence electrons. The molecule has 0 aliphatic carbocycles. The molecule has 1 aromatic carbocycles. The lowest BCUT2D eigenvalue weighted by Gasteiger charge is -2.32. The zero-order valence-corrected chi connectivity index (χ0v) is 14.4. The van der Waals surface area contributed by atoms with Crippen molar-refractivity contribution in [1.29, 1.82) is 0 Å². The number of halogens is 1. The number of ether oxygens (including phenoxy) is 1. The van der Waals surface area contributed by atoms with Crippen LogP contribution in [0.3, 0.4) is 0 Å². The molecule has 1 heterocycles. The molecular weight excluding hydrogens is 314 g/mol. The molecule has 1 aromatic rings. The summed E-state index contributed by atoms with van der Waals surface area (Å²) in [6.07, 6.45) is 2.81. The van der Waals surface area contributed by atoms with E-state index in [0.29, 0.717) is 13.2 Å². The first-order valence-corrected chi connectivity index (χ1v) is 8.55. The van der Waals surface area contributed by atoms with E-state index in [-0.39, 0.29) is 12.1 Å². The number of hydrogen-bond donors (Lipinski definition) is 2. The molecule has 2 N–H and O–H groups in total. The Morgan fingerprint density at radius 3 is 2.65 bits per heavy atom. The number of nitrogens with zero attached hydrogens (tertiary/aromatic N) is 1. The molecule has 0 atom stereocenters. The largest absolute Gasteiger partial charge is 0.385 e. The fourth-order valence-electron chi connectivity index (χ4n) is 2.74. The molecule has 6 heteroatoms. The summed E-state index contributed by atoms with van der Waals surface area (Å²) in [7, 11) is 1.66. The molecule has 0 radical (unpaired) electrons. The molecule has 0 saturated carbocycles. The van der Waals surface area contributed by atoms with Crippen molar-refractivity contribution in [3.63, 3.8) is 0 Å². The second-order valence-electron chi connectivity index (χ2n) is 5.92. The number of piperidine rings is 1. The number of nitrogens with one attached hydrogen (secondary N) is 2. The van der Waals surface area contributed by atoms with Gasteiger partial charge >= 0.3 is 6.03 Å². The van der Waals surface area contributed by atoms with Gasteiger partial charge in [-0.3, -0.25) is 4.90 Å². The molecular formula is C17H26ClN3O2. The minimum atomic E-state index is -0.0720. The average Bonchev–Trinajstić information content (AvgIpc) is 2.56. The van der Waals surface area contributed by atoms with Gasteiger partial charge < -0.3 is 15.4 Å². The number of urea groups is 1. The average molecular weight is 340 g/mol. The second kappa shape index (κ2) is 9.75. The Kier molecular flexibility index (Phi) is 7.65. The van der Waals surface area contributed by atoms with E-state index >= 15 is 0 Å². The van der Waals surface area contributed by atoms with Crippen LogP contribution < -0.4 is 10.6 Å². The fraction of sp³-hybridized carbons (Fsp3) is 0.588. The van der Waals surface area contributed by atoms with Crippen molar-refractivity contribution in [3.05, 3.63) is 34.9 Å². The van der Waals surface area contributed by atoms with Crippen LogP contribution in [0.2, 0.25) is 5.02 Å². The van der Waals surface area contributed by atoms with E-state index < -0.39 is 0 Å². The van der Waals surface area contributed by atoms with Gasteiger partial charge in [0.15, 0.2) is 0 Å². The Balaban J connectivity index is 1.63. The highest BCUT2D eigenvalue weighted by Gasteiger charge is 2.20. The van der Waals surface area contributed by atoms with E-state index in [4.69, 9.17) is 16.3 Å². The molecule has 1 saturated heterocycles. The van der Waals surface area contributed by atoms with Crippen molar-refractivity contribution in [3.8, 4) is 0 Å². The summed E-state index contributed by atoms with van der Waals surface area (Å²) in [5.74, 6) is 0. The lowest BCUT2D eigenvalue weighted by atomic mass is 10.0. The van der Waals surface area contributed by atoms with Crippen molar-refractivity contribution in [2.45, 2.75) is 31.8 Å². The topological polar surface area (TPSA) is 53.6 Å². The number of likely N-dealkylation sites (tertiary alicyclic amines) is 1. The van der Waals surface area contributed by atoms with Crippen LogP contribution in [0, 0.1) is 0 Å². The summed E-state index contributed by atoms with van der Waals surface area (Å²) in [6, 6.07) is 8.19. The highest BCUT2D eigenvalue weighted by atomic mass is 35.5. The van der Waals surface area contributed by atoms with E-state index in [9.17, 15) is 4.79 Å². The number of benzene rings is 1.